The van der Waals surface area contributed by atoms with Gasteiger partial charge in [-0.2, -0.15) is 0 Å². The number of methoxy groups -OCH3 is 1. The molecule has 27 heavy (non-hydrogen) atoms. The van der Waals surface area contributed by atoms with Crippen molar-refractivity contribution in [1.29, 1.82) is 0 Å². The summed E-state index contributed by atoms with van der Waals surface area (Å²) in [6, 6.07) is 9.16. The van der Waals surface area contributed by atoms with Crippen LogP contribution in [0.3, 0.4) is 0 Å². The van der Waals surface area contributed by atoms with Crippen LogP contribution in [-0.2, 0) is 11.2 Å². The summed E-state index contributed by atoms with van der Waals surface area (Å²) in [5.74, 6) is 0.904. The van der Waals surface area contributed by atoms with Crippen LogP contribution in [-0.4, -0.2) is 23.0 Å². The van der Waals surface area contributed by atoms with E-state index in [0.717, 1.165) is 24.1 Å². The fourth-order valence-corrected chi connectivity index (χ4v) is 3.01. The summed E-state index contributed by atoms with van der Waals surface area (Å²) in [7, 11) is 1.51. The maximum atomic E-state index is 11.4. The number of aromatic nitrogens is 2. The van der Waals surface area contributed by atoms with Gasteiger partial charge < -0.3 is 14.8 Å². The molecule has 1 heterocycles. The van der Waals surface area contributed by atoms with Gasteiger partial charge in [0.25, 0.3) is 0 Å². The summed E-state index contributed by atoms with van der Waals surface area (Å²) in [5, 5.41) is 4.68. The second kappa shape index (κ2) is 8.22. The molecule has 2 aromatic carbocycles. The Morgan fingerprint density at radius 1 is 1.19 bits per heavy atom. The lowest BCUT2D eigenvalue weighted by atomic mass is 10.1. The van der Waals surface area contributed by atoms with E-state index in [1.54, 1.807) is 12.1 Å². The van der Waals surface area contributed by atoms with E-state index in [-0.39, 0.29) is 0 Å². The predicted molar refractivity (Wildman–Crippen MR) is 106 cm³/mol. The van der Waals surface area contributed by atoms with Gasteiger partial charge in [0.05, 0.1) is 12.6 Å². The van der Waals surface area contributed by atoms with E-state index in [2.05, 4.69) is 22.2 Å². The first-order valence-corrected chi connectivity index (χ1v) is 8.96. The molecule has 0 aliphatic heterocycles. The van der Waals surface area contributed by atoms with Crippen molar-refractivity contribution >= 4 is 40.0 Å². The number of nitrogens with zero attached hydrogens (tertiary/aromatic N) is 2. The average Bonchev–Trinajstić information content (AvgIpc) is 2.63. The number of hydrogen-bond donors (Lipinski definition) is 1. The van der Waals surface area contributed by atoms with Crippen molar-refractivity contribution in [3.8, 4) is 11.5 Å². The van der Waals surface area contributed by atoms with Crippen LogP contribution in [0.25, 0.3) is 10.9 Å². The van der Waals surface area contributed by atoms with Gasteiger partial charge in [-0.15, -0.1) is 0 Å². The van der Waals surface area contributed by atoms with Gasteiger partial charge in [0.2, 0.25) is 0 Å². The van der Waals surface area contributed by atoms with Gasteiger partial charge in [-0.05, 0) is 30.2 Å². The number of esters is 1. The fraction of sp³-hybridized carbons (Fsp3) is 0.250. The molecule has 0 unspecified atom stereocenters. The van der Waals surface area contributed by atoms with Crippen molar-refractivity contribution in [3.63, 3.8) is 0 Å². The quantitative estimate of drug-likeness (QED) is 0.480. The second-order valence-corrected chi connectivity index (χ2v) is 6.45. The zero-order valence-corrected chi connectivity index (χ0v) is 16.1. The number of benzene rings is 2. The molecular weight excluding hydrogens is 366 g/mol. The Hall–Kier alpha value is -2.86. The number of halogens is 1. The third kappa shape index (κ3) is 4.28. The lowest BCUT2D eigenvalue weighted by Gasteiger charge is -2.14. The van der Waals surface area contributed by atoms with Crippen molar-refractivity contribution in [2.24, 2.45) is 0 Å². The molecule has 3 rings (SSSR count). The summed E-state index contributed by atoms with van der Waals surface area (Å²) in [6.45, 7) is 3.46. The highest BCUT2D eigenvalue weighted by molar-refractivity contribution is 6.30. The van der Waals surface area contributed by atoms with Crippen LogP contribution in [0.5, 0.6) is 11.5 Å². The molecule has 1 aromatic heterocycles. The highest BCUT2D eigenvalue weighted by atomic mass is 35.5. The number of carbonyl (C=O) groups is 1. The minimum Gasteiger partial charge on any atom is -0.493 e. The van der Waals surface area contributed by atoms with E-state index in [9.17, 15) is 4.79 Å². The van der Waals surface area contributed by atoms with Gasteiger partial charge in [-0.1, -0.05) is 31.0 Å². The third-order valence-corrected chi connectivity index (χ3v) is 4.25. The molecule has 0 aliphatic carbocycles. The summed E-state index contributed by atoms with van der Waals surface area (Å²) in [4.78, 5) is 20.1. The van der Waals surface area contributed by atoms with Gasteiger partial charge in [-0.3, -0.25) is 4.79 Å². The molecule has 0 saturated heterocycles. The molecule has 0 bridgehead atoms. The molecule has 0 saturated carbocycles. The number of ether oxygens (including phenoxy) is 2. The van der Waals surface area contributed by atoms with Crippen molar-refractivity contribution < 1.29 is 14.3 Å². The molecule has 7 heteroatoms. The van der Waals surface area contributed by atoms with E-state index in [0.29, 0.717) is 33.2 Å². The first-order valence-electron chi connectivity index (χ1n) is 8.58. The summed E-state index contributed by atoms with van der Waals surface area (Å²) < 4.78 is 10.6. The van der Waals surface area contributed by atoms with Gasteiger partial charge >= 0.3 is 5.97 Å². The van der Waals surface area contributed by atoms with Crippen LogP contribution in [0, 0.1) is 0 Å². The largest absolute Gasteiger partial charge is 0.493 e. The number of carbonyl (C=O) groups excluding carboxylic acids is 1. The summed E-state index contributed by atoms with van der Waals surface area (Å²) >= 11 is 6.18. The molecule has 0 fully saturated rings. The molecular formula is C20H20ClN3O3. The Morgan fingerprint density at radius 2 is 2.00 bits per heavy atom. The fourth-order valence-electron chi connectivity index (χ4n) is 2.84. The zero-order chi connectivity index (χ0) is 19.4. The van der Waals surface area contributed by atoms with Crippen LogP contribution in [0.15, 0.2) is 36.7 Å². The summed E-state index contributed by atoms with van der Waals surface area (Å²) in [6.07, 6.45) is 3.39. The number of anilines is 2. The normalized spacial score (nSPS) is 10.7. The average molecular weight is 386 g/mol. The number of rotatable bonds is 6. The highest BCUT2D eigenvalue weighted by Gasteiger charge is 2.14. The van der Waals surface area contributed by atoms with E-state index < -0.39 is 5.97 Å². The van der Waals surface area contributed by atoms with Gasteiger partial charge in [0.15, 0.2) is 11.5 Å². The van der Waals surface area contributed by atoms with Gasteiger partial charge in [0, 0.05) is 29.1 Å². The Bertz CT molecular complexity index is 992. The Balaban J connectivity index is 2.10. The SMILES string of the molecule is CCCc1ccc(Cl)cc1Nc1ncnc2cc(OC)c(OC(C)=O)cc12. The van der Waals surface area contributed by atoms with Crippen LogP contribution >= 0.6 is 11.6 Å². The van der Waals surface area contributed by atoms with Crippen molar-refractivity contribution in [2.45, 2.75) is 26.7 Å². The molecule has 0 spiro atoms. The van der Waals surface area contributed by atoms with Crippen LogP contribution < -0.4 is 14.8 Å². The first kappa shape index (κ1) is 18.9. The summed E-state index contributed by atoms with van der Waals surface area (Å²) in [5.41, 5.74) is 2.69. The predicted octanol–water partition coefficient (Wildman–Crippen LogP) is 4.91. The molecule has 0 radical (unpaired) electrons. The van der Waals surface area contributed by atoms with Gasteiger partial charge in [-0.25, -0.2) is 9.97 Å². The molecule has 0 aliphatic rings. The molecule has 1 N–H and O–H groups in total. The first-order chi connectivity index (χ1) is 13.0. The molecule has 0 atom stereocenters. The second-order valence-electron chi connectivity index (χ2n) is 6.01. The zero-order valence-electron chi connectivity index (χ0n) is 15.4. The molecule has 0 amide bonds. The van der Waals surface area contributed by atoms with Crippen LogP contribution in [0.1, 0.15) is 25.8 Å². The standard InChI is InChI=1S/C20H20ClN3O3/c1-4-5-13-6-7-14(21)8-16(13)24-20-15-9-19(27-12(2)25)18(26-3)10-17(15)22-11-23-20/h6-11H,4-5H2,1-3H3,(H,22,23,24). The highest BCUT2D eigenvalue weighted by Crippen LogP contribution is 2.35. The minimum atomic E-state index is -0.431. The lowest BCUT2D eigenvalue weighted by Crippen LogP contribution is -2.04. The number of fused-ring (bicyclic) bond motifs is 1. The molecule has 3 aromatic rings. The van der Waals surface area contributed by atoms with E-state index in [1.807, 2.05) is 18.2 Å². The monoisotopic (exact) mass is 385 g/mol. The van der Waals surface area contributed by atoms with Crippen molar-refractivity contribution in [2.75, 3.05) is 12.4 Å². The maximum absolute atomic E-state index is 11.4. The number of aryl methyl sites for hydroxylation is 1. The molecule has 6 nitrogen and oxygen atoms in total. The third-order valence-electron chi connectivity index (χ3n) is 4.02. The Morgan fingerprint density at radius 3 is 2.70 bits per heavy atom. The van der Waals surface area contributed by atoms with Crippen LogP contribution in [0.4, 0.5) is 11.5 Å². The van der Waals surface area contributed by atoms with E-state index in [1.165, 1.54) is 20.4 Å². The number of hydrogen-bond acceptors (Lipinski definition) is 6. The topological polar surface area (TPSA) is 73.3 Å². The smallest absolute Gasteiger partial charge is 0.308 e. The van der Waals surface area contributed by atoms with Crippen molar-refractivity contribution in [3.05, 3.63) is 47.2 Å². The lowest BCUT2D eigenvalue weighted by molar-refractivity contribution is -0.132. The van der Waals surface area contributed by atoms with E-state index in [4.69, 9.17) is 21.1 Å². The minimum absolute atomic E-state index is 0.315. The Labute approximate surface area is 162 Å². The maximum Gasteiger partial charge on any atom is 0.308 e. The molecule has 140 valence electrons. The number of nitrogens with one attached hydrogen (secondary N) is 1. The Kier molecular flexibility index (Phi) is 5.76. The van der Waals surface area contributed by atoms with E-state index >= 15 is 0 Å². The van der Waals surface area contributed by atoms with Gasteiger partial charge in [0.1, 0.15) is 12.1 Å². The van der Waals surface area contributed by atoms with Crippen molar-refractivity contribution in [1.82, 2.24) is 9.97 Å². The van der Waals surface area contributed by atoms with Crippen LogP contribution in [0.2, 0.25) is 5.02 Å².